The van der Waals surface area contributed by atoms with Crippen LogP contribution in [0.2, 0.25) is 0 Å². The highest BCUT2D eigenvalue weighted by atomic mass is 19.1. The molecule has 5 rings (SSSR count). The van der Waals surface area contributed by atoms with Crippen molar-refractivity contribution in [1.29, 1.82) is 0 Å². The van der Waals surface area contributed by atoms with E-state index in [1.54, 1.807) is 27.1 Å². The second kappa shape index (κ2) is 7.63. The zero-order valence-electron chi connectivity index (χ0n) is 18.8. The maximum atomic E-state index is 13.3. The highest BCUT2D eigenvalue weighted by molar-refractivity contribution is 5.89. The average molecular weight is 459 g/mol. The Kier molecular flexibility index (Phi) is 5.10. The SMILES string of the molecule is CC1C(=O)OC2CC3(C)OC3C(OC(=O)c3ccc(F)cc3)C(N(C)C)C3C=C(OC3=O)C21. The van der Waals surface area contributed by atoms with Crippen molar-refractivity contribution < 1.29 is 37.7 Å². The quantitative estimate of drug-likeness (QED) is 0.385. The molecule has 1 aromatic carbocycles. The lowest BCUT2D eigenvalue weighted by molar-refractivity contribution is -0.145. The number of likely N-dealkylation sites (N-methyl/N-ethyl adjacent to an activating group) is 1. The number of epoxide rings is 1. The van der Waals surface area contributed by atoms with Crippen LogP contribution < -0.4 is 0 Å². The first-order chi connectivity index (χ1) is 15.6. The third kappa shape index (κ3) is 3.63. The molecule has 176 valence electrons. The number of esters is 3. The lowest BCUT2D eigenvalue weighted by atomic mass is 9.80. The molecule has 1 aliphatic carbocycles. The first-order valence-corrected chi connectivity index (χ1v) is 11.0. The fraction of sp³-hybridized carbons (Fsp3) is 0.542. The summed E-state index contributed by atoms with van der Waals surface area (Å²) < 4.78 is 36.6. The molecule has 0 aromatic heterocycles. The second-order valence-electron chi connectivity index (χ2n) is 9.69. The number of halogens is 1. The molecule has 3 heterocycles. The van der Waals surface area contributed by atoms with Crippen molar-refractivity contribution in [3.63, 3.8) is 0 Å². The van der Waals surface area contributed by atoms with Crippen molar-refractivity contribution in [3.05, 3.63) is 47.5 Å². The van der Waals surface area contributed by atoms with Gasteiger partial charge in [-0.15, -0.1) is 0 Å². The van der Waals surface area contributed by atoms with E-state index in [2.05, 4.69) is 0 Å². The highest BCUT2D eigenvalue weighted by Crippen LogP contribution is 2.51. The van der Waals surface area contributed by atoms with Gasteiger partial charge in [0.1, 0.15) is 29.9 Å². The highest BCUT2D eigenvalue weighted by Gasteiger charge is 2.65. The van der Waals surface area contributed by atoms with Crippen LogP contribution in [0.4, 0.5) is 4.39 Å². The predicted octanol–water partition coefficient (Wildman–Crippen LogP) is 2.08. The Hall–Kier alpha value is -2.78. The zero-order chi connectivity index (χ0) is 23.7. The van der Waals surface area contributed by atoms with Crippen LogP contribution in [0, 0.1) is 23.6 Å². The number of carbonyl (C=O) groups is 3. The molecule has 8 unspecified atom stereocenters. The van der Waals surface area contributed by atoms with Crippen LogP contribution >= 0.6 is 0 Å². The van der Waals surface area contributed by atoms with Crippen molar-refractivity contribution in [2.45, 2.75) is 50.2 Å². The van der Waals surface area contributed by atoms with Crippen LogP contribution in [0.1, 0.15) is 30.6 Å². The molecular formula is C24H26FNO7. The van der Waals surface area contributed by atoms with E-state index in [9.17, 15) is 18.8 Å². The maximum Gasteiger partial charge on any atom is 0.338 e. The van der Waals surface area contributed by atoms with Crippen molar-refractivity contribution in [2.24, 2.45) is 17.8 Å². The minimum absolute atomic E-state index is 0.192. The first kappa shape index (κ1) is 22.0. The van der Waals surface area contributed by atoms with E-state index in [-0.39, 0.29) is 17.5 Å². The van der Waals surface area contributed by atoms with Gasteiger partial charge >= 0.3 is 17.9 Å². The minimum Gasteiger partial charge on any atom is -0.461 e. The maximum absolute atomic E-state index is 13.3. The molecule has 2 fully saturated rings. The van der Waals surface area contributed by atoms with Gasteiger partial charge in [-0.25, -0.2) is 9.18 Å². The lowest BCUT2D eigenvalue weighted by Gasteiger charge is -2.34. The Balaban J connectivity index is 1.53. The predicted molar refractivity (Wildman–Crippen MR) is 111 cm³/mol. The number of hydrogen-bond acceptors (Lipinski definition) is 8. The van der Waals surface area contributed by atoms with Gasteiger partial charge in [0.15, 0.2) is 0 Å². The summed E-state index contributed by atoms with van der Waals surface area (Å²) in [5.41, 5.74) is -0.521. The van der Waals surface area contributed by atoms with E-state index >= 15 is 0 Å². The summed E-state index contributed by atoms with van der Waals surface area (Å²) >= 11 is 0. The Morgan fingerprint density at radius 3 is 2.55 bits per heavy atom. The monoisotopic (exact) mass is 459 g/mol. The molecule has 8 atom stereocenters. The van der Waals surface area contributed by atoms with Gasteiger partial charge in [0.2, 0.25) is 0 Å². The summed E-state index contributed by atoms with van der Waals surface area (Å²) in [4.78, 5) is 40.1. The Bertz CT molecular complexity index is 1040. The van der Waals surface area contributed by atoms with Gasteiger partial charge in [-0.3, -0.25) is 9.59 Å². The minimum atomic E-state index is -0.818. The van der Waals surface area contributed by atoms with Crippen molar-refractivity contribution in [3.8, 4) is 0 Å². The smallest absolute Gasteiger partial charge is 0.338 e. The van der Waals surface area contributed by atoms with Gasteiger partial charge in [0.05, 0.1) is 35.0 Å². The van der Waals surface area contributed by atoms with E-state index in [4.69, 9.17) is 18.9 Å². The lowest BCUT2D eigenvalue weighted by Crippen LogP contribution is -2.51. The molecule has 0 N–H and O–H groups in total. The standard InChI is InChI=1S/C24H26FNO7/c1-11-17-15-9-14(23(29)30-15)18(26(3)4)19(32-22(28)12-5-7-13(25)8-6-12)20-24(2,33-20)10-16(17)31-21(11)27/h5-9,11,14,16-20H,10H2,1-4H3. The third-order valence-electron chi connectivity index (χ3n) is 7.21. The van der Waals surface area contributed by atoms with Crippen LogP contribution in [0.25, 0.3) is 0 Å². The number of ether oxygens (including phenoxy) is 4. The van der Waals surface area contributed by atoms with E-state index < -0.39 is 59.5 Å². The van der Waals surface area contributed by atoms with Crippen LogP contribution in [0.5, 0.6) is 0 Å². The fourth-order valence-corrected chi connectivity index (χ4v) is 5.42. The van der Waals surface area contributed by atoms with Crippen LogP contribution in [0.15, 0.2) is 36.1 Å². The van der Waals surface area contributed by atoms with E-state index in [0.717, 1.165) is 0 Å². The molecule has 0 radical (unpaired) electrons. The summed E-state index contributed by atoms with van der Waals surface area (Å²) in [6.45, 7) is 3.66. The van der Waals surface area contributed by atoms with Gasteiger partial charge < -0.3 is 23.8 Å². The first-order valence-electron chi connectivity index (χ1n) is 11.0. The fourth-order valence-electron chi connectivity index (χ4n) is 5.42. The van der Waals surface area contributed by atoms with E-state index in [0.29, 0.717) is 12.2 Å². The van der Waals surface area contributed by atoms with E-state index in [1.165, 1.54) is 24.3 Å². The Labute approximate surface area is 190 Å². The molecule has 2 saturated heterocycles. The number of benzene rings is 1. The number of rotatable bonds is 3. The van der Waals surface area contributed by atoms with Crippen LogP contribution in [-0.4, -0.2) is 66.9 Å². The molecular weight excluding hydrogens is 433 g/mol. The van der Waals surface area contributed by atoms with Crippen molar-refractivity contribution in [2.75, 3.05) is 14.1 Å². The van der Waals surface area contributed by atoms with Gasteiger partial charge in [0, 0.05) is 6.42 Å². The summed E-state index contributed by atoms with van der Waals surface area (Å²) in [6, 6.07) is 4.49. The van der Waals surface area contributed by atoms with Crippen LogP contribution in [-0.2, 0) is 28.5 Å². The summed E-state index contributed by atoms with van der Waals surface area (Å²) in [6.07, 6.45) is 0.259. The molecule has 1 aromatic rings. The normalized spacial score (nSPS) is 39.2. The molecule has 2 bridgehead atoms. The Morgan fingerprint density at radius 2 is 1.88 bits per heavy atom. The molecule has 0 amide bonds. The molecule has 0 saturated carbocycles. The topological polar surface area (TPSA) is 94.7 Å². The number of fused-ring (bicyclic) bond motifs is 4. The number of hydrogen-bond donors (Lipinski definition) is 0. The largest absolute Gasteiger partial charge is 0.461 e. The van der Waals surface area contributed by atoms with Crippen LogP contribution in [0.3, 0.4) is 0 Å². The summed E-state index contributed by atoms with van der Waals surface area (Å²) in [7, 11) is 3.59. The second-order valence-corrected chi connectivity index (χ2v) is 9.69. The summed E-state index contributed by atoms with van der Waals surface area (Å²) in [5.74, 6) is -3.04. The Morgan fingerprint density at radius 1 is 1.18 bits per heavy atom. The van der Waals surface area contributed by atoms with Crippen molar-refractivity contribution >= 4 is 17.9 Å². The molecule has 9 heteroatoms. The molecule has 4 aliphatic rings. The van der Waals surface area contributed by atoms with Crippen molar-refractivity contribution in [1.82, 2.24) is 4.90 Å². The van der Waals surface area contributed by atoms with E-state index in [1.807, 2.05) is 11.8 Å². The van der Waals surface area contributed by atoms with Gasteiger partial charge in [-0.1, -0.05) is 6.92 Å². The van der Waals surface area contributed by atoms with Gasteiger partial charge in [-0.2, -0.15) is 0 Å². The number of nitrogens with zero attached hydrogens (tertiary/aromatic N) is 1. The van der Waals surface area contributed by atoms with Gasteiger partial charge in [-0.05, 0) is 51.4 Å². The molecule has 0 spiro atoms. The number of carbonyl (C=O) groups excluding carboxylic acids is 3. The average Bonchev–Trinajstić information content (AvgIpc) is 3.14. The third-order valence-corrected chi connectivity index (χ3v) is 7.21. The summed E-state index contributed by atoms with van der Waals surface area (Å²) in [5, 5.41) is 0. The molecule has 3 aliphatic heterocycles. The zero-order valence-corrected chi connectivity index (χ0v) is 18.8. The molecule has 33 heavy (non-hydrogen) atoms. The van der Waals surface area contributed by atoms with Gasteiger partial charge in [0.25, 0.3) is 0 Å². The molecule has 8 nitrogen and oxygen atoms in total.